The minimum atomic E-state index is -3.60. The van der Waals surface area contributed by atoms with Crippen LogP contribution in [0.4, 0.5) is 11.4 Å². The molecule has 0 atom stereocenters. The van der Waals surface area contributed by atoms with E-state index in [0.717, 1.165) is 50.9 Å². The van der Waals surface area contributed by atoms with E-state index in [1.54, 1.807) is 40.7 Å². The highest BCUT2D eigenvalue weighted by atomic mass is 35.5. The Kier molecular flexibility index (Phi) is 6.84. The van der Waals surface area contributed by atoms with Gasteiger partial charge in [0.25, 0.3) is 5.91 Å². The average Bonchev–Trinajstić information content (AvgIpc) is 2.80. The summed E-state index contributed by atoms with van der Waals surface area (Å²) >= 11 is 6.21. The van der Waals surface area contributed by atoms with Crippen LogP contribution in [0.1, 0.15) is 48.9 Å². The van der Waals surface area contributed by atoms with Gasteiger partial charge in [-0.15, -0.1) is 0 Å². The van der Waals surface area contributed by atoms with Crippen LogP contribution in [-0.4, -0.2) is 44.8 Å². The highest BCUT2D eigenvalue weighted by Crippen LogP contribution is 2.33. The van der Waals surface area contributed by atoms with Gasteiger partial charge in [0.1, 0.15) is 0 Å². The van der Waals surface area contributed by atoms with Gasteiger partial charge >= 0.3 is 0 Å². The summed E-state index contributed by atoms with van der Waals surface area (Å²) in [4.78, 5) is 15.4. The number of piperidine rings is 2. The number of halogens is 1. The number of amides is 1. The van der Waals surface area contributed by atoms with Crippen molar-refractivity contribution in [3.63, 3.8) is 0 Å². The Hall–Kier alpha value is -2.09. The van der Waals surface area contributed by atoms with E-state index in [9.17, 15) is 13.2 Å². The van der Waals surface area contributed by atoms with Crippen LogP contribution >= 0.6 is 11.6 Å². The van der Waals surface area contributed by atoms with Crippen molar-refractivity contribution >= 4 is 38.9 Å². The van der Waals surface area contributed by atoms with Crippen LogP contribution in [0.25, 0.3) is 0 Å². The summed E-state index contributed by atoms with van der Waals surface area (Å²) in [7, 11) is -3.60. The molecule has 4 rings (SSSR count). The van der Waals surface area contributed by atoms with Crippen molar-refractivity contribution in [1.29, 1.82) is 0 Å². The number of hydrogen-bond acceptors (Lipinski definition) is 4. The Bertz CT molecular complexity index is 1050. The zero-order valence-electron chi connectivity index (χ0n) is 17.5. The SMILES string of the molecule is O=C(Nc1cc(S(=O)(=O)N2CCCCC2)ccc1N1CCCCC1)c1ccccc1Cl. The van der Waals surface area contributed by atoms with E-state index in [1.807, 2.05) is 6.07 Å². The van der Waals surface area contributed by atoms with Crippen LogP contribution < -0.4 is 10.2 Å². The Morgan fingerprint density at radius 1 is 0.871 bits per heavy atom. The largest absolute Gasteiger partial charge is 0.370 e. The predicted molar refractivity (Wildman–Crippen MR) is 125 cm³/mol. The minimum Gasteiger partial charge on any atom is -0.370 e. The third-order valence-corrected chi connectivity index (χ3v) is 8.21. The van der Waals surface area contributed by atoms with Crippen molar-refractivity contribution in [3.05, 3.63) is 53.1 Å². The Morgan fingerprint density at radius 2 is 1.52 bits per heavy atom. The molecule has 6 nitrogen and oxygen atoms in total. The monoisotopic (exact) mass is 461 g/mol. The third kappa shape index (κ3) is 4.89. The van der Waals surface area contributed by atoms with Gasteiger partial charge in [0, 0.05) is 26.2 Å². The summed E-state index contributed by atoms with van der Waals surface area (Å²) in [5, 5.41) is 3.29. The number of sulfonamides is 1. The van der Waals surface area contributed by atoms with Crippen molar-refractivity contribution in [2.24, 2.45) is 0 Å². The molecule has 2 aliphatic heterocycles. The quantitative estimate of drug-likeness (QED) is 0.697. The molecule has 8 heteroatoms. The molecule has 2 aliphatic rings. The van der Waals surface area contributed by atoms with Gasteiger partial charge < -0.3 is 10.2 Å². The lowest BCUT2D eigenvalue weighted by molar-refractivity contribution is 0.102. The molecule has 166 valence electrons. The molecule has 1 amide bonds. The van der Waals surface area contributed by atoms with Crippen molar-refractivity contribution < 1.29 is 13.2 Å². The molecular formula is C23H28ClN3O3S. The number of nitrogens with one attached hydrogen (secondary N) is 1. The third-order valence-electron chi connectivity index (χ3n) is 5.98. The fraction of sp³-hybridized carbons (Fsp3) is 0.435. The van der Waals surface area contributed by atoms with Crippen molar-refractivity contribution in [2.75, 3.05) is 36.4 Å². The minimum absolute atomic E-state index is 0.213. The highest BCUT2D eigenvalue weighted by Gasteiger charge is 2.28. The van der Waals surface area contributed by atoms with Crippen LogP contribution in [0.5, 0.6) is 0 Å². The molecule has 1 N–H and O–H groups in total. The van der Waals surface area contributed by atoms with Gasteiger partial charge in [-0.3, -0.25) is 4.79 Å². The van der Waals surface area contributed by atoms with E-state index in [0.29, 0.717) is 29.4 Å². The molecule has 0 aliphatic carbocycles. The van der Waals surface area contributed by atoms with E-state index < -0.39 is 10.0 Å². The summed E-state index contributed by atoms with van der Waals surface area (Å²) in [6.07, 6.45) is 6.14. The van der Waals surface area contributed by atoms with E-state index >= 15 is 0 Å². The summed E-state index contributed by atoms with van der Waals surface area (Å²) in [5.41, 5.74) is 1.71. The normalized spacial score (nSPS) is 18.0. The zero-order chi connectivity index (χ0) is 21.8. The summed E-state index contributed by atoms with van der Waals surface area (Å²) in [6, 6.07) is 11.9. The van der Waals surface area contributed by atoms with Gasteiger partial charge in [-0.05, 0) is 62.4 Å². The molecule has 0 radical (unpaired) electrons. The molecule has 0 spiro atoms. The number of benzene rings is 2. The van der Waals surface area contributed by atoms with Crippen molar-refractivity contribution in [3.8, 4) is 0 Å². The van der Waals surface area contributed by atoms with Crippen molar-refractivity contribution in [2.45, 2.75) is 43.4 Å². The molecule has 0 bridgehead atoms. The molecule has 0 unspecified atom stereocenters. The molecule has 2 aromatic carbocycles. The van der Waals surface area contributed by atoms with Crippen LogP contribution in [0.3, 0.4) is 0 Å². The number of anilines is 2. The Morgan fingerprint density at radius 3 is 2.19 bits per heavy atom. The fourth-order valence-corrected chi connectivity index (χ4v) is 6.04. The van der Waals surface area contributed by atoms with Crippen LogP contribution in [0.15, 0.2) is 47.4 Å². The number of rotatable bonds is 5. The zero-order valence-corrected chi connectivity index (χ0v) is 19.1. The lowest BCUT2D eigenvalue weighted by Crippen LogP contribution is -2.35. The molecule has 2 fully saturated rings. The van der Waals surface area contributed by atoms with Gasteiger partial charge in [0.15, 0.2) is 0 Å². The van der Waals surface area contributed by atoms with E-state index in [-0.39, 0.29) is 10.8 Å². The van der Waals surface area contributed by atoms with Gasteiger partial charge in [-0.25, -0.2) is 8.42 Å². The van der Waals surface area contributed by atoms with E-state index in [4.69, 9.17) is 11.6 Å². The molecule has 2 saturated heterocycles. The molecule has 0 saturated carbocycles. The summed E-state index contributed by atoms with van der Waals surface area (Å²) in [6.45, 7) is 2.84. The van der Waals surface area contributed by atoms with Crippen LogP contribution in [0.2, 0.25) is 5.02 Å². The molecule has 31 heavy (non-hydrogen) atoms. The second kappa shape index (κ2) is 9.59. The smallest absolute Gasteiger partial charge is 0.257 e. The number of hydrogen-bond donors (Lipinski definition) is 1. The molecular weight excluding hydrogens is 434 g/mol. The maximum atomic E-state index is 13.2. The lowest BCUT2D eigenvalue weighted by Gasteiger charge is -2.31. The second-order valence-electron chi connectivity index (χ2n) is 8.13. The Balaban J connectivity index is 1.69. The van der Waals surface area contributed by atoms with Gasteiger partial charge in [0.2, 0.25) is 10.0 Å². The standard InChI is InChI=1S/C23H28ClN3O3S/c24-20-10-4-3-9-19(20)23(28)25-21-17-18(31(29,30)27-15-7-2-8-16-27)11-12-22(21)26-13-5-1-6-14-26/h3-4,9-12,17H,1-2,5-8,13-16H2,(H,25,28). The van der Waals surface area contributed by atoms with Crippen molar-refractivity contribution in [1.82, 2.24) is 4.31 Å². The second-order valence-corrected chi connectivity index (χ2v) is 10.5. The average molecular weight is 462 g/mol. The maximum Gasteiger partial charge on any atom is 0.257 e. The first-order valence-electron chi connectivity index (χ1n) is 10.9. The molecule has 2 aromatic rings. The van der Waals surface area contributed by atoms with Gasteiger partial charge in [0.05, 0.1) is 26.9 Å². The summed E-state index contributed by atoms with van der Waals surface area (Å²) < 4.78 is 28.0. The first-order valence-corrected chi connectivity index (χ1v) is 12.7. The number of carbonyl (C=O) groups is 1. The first kappa shape index (κ1) is 22.1. The maximum absolute atomic E-state index is 13.2. The Labute approximate surface area is 189 Å². The van der Waals surface area contributed by atoms with Gasteiger partial charge in [-0.1, -0.05) is 30.2 Å². The topological polar surface area (TPSA) is 69.7 Å². The van der Waals surface area contributed by atoms with Gasteiger partial charge in [-0.2, -0.15) is 4.31 Å². The van der Waals surface area contributed by atoms with E-state index in [2.05, 4.69) is 10.2 Å². The van der Waals surface area contributed by atoms with Crippen LogP contribution in [0, 0.1) is 0 Å². The number of nitrogens with zero attached hydrogens (tertiary/aromatic N) is 2. The lowest BCUT2D eigenvalue weighted by atomic mass is 10.1. The molecule has 2 heterocycles. The fourth-order valence-electron chi connectivity index (χ4n) is 4.28. The predicted octanol–water partition coefficient (Wildman–Crippen LogP) is 4.76. The number of carbonyl (C=O) groups excluding carboxylic acids is 1. The highest BCUT2D eigenvalue weighted by molar-refractivity contribution is 7.89. The first-order chi connectivity index (χ1) is 15.0. The molecule has 0 aromatic heterocycles. The van der Waals surface area contributed by atoms with E-state index in [1.165, 1.54) is 6.42 Å². The van der Waals surface area contributed by atoms with Crippen LogP contribution in [-0.2, 0) is 10.0 Å². The summed E-state index contributed by atoms with van der Waals surface area (Å²) in [5.74, 6) is -0.351.